The first-order chi connectivity index (χ1) is 18.5. The van der Waals surface area contributed by atoms with E-state index in [1.54, 1.807) is 37.4 Å². The molecule has 1 N–H and O–H groups in total. The van der Waals surface area contributed by atoms with Crippen molar-refractivity contribution in [2.45, 2.75) is 25.9 Å². The minimum atomic E-state index is -0.394. The topological polar surface area (TPSA) is 89.5 Å². The predicted octanol–water partition coefficient (Wildman–Crippen LogP) is 5.44. The molecule has 0 saturated carbocycles. The molecule has 0 bridgehead atoms. The third kappa shape index (κ3) is 6.92. The molecule has 3 aromatic rings. The highest BCUT2D eigenvalue weighted by Crippen LogP contribution is 2.28. The van der Waals surface area contributed by atoms with Gasteiger partial charge in [0.2, 0.25) is 0 Å². The number of hydrazone groups is 1. The molecule has 8 nitrogen and oxygen atoms in total. The molecule has 38 heavy (non-hydrogen) atoms. The second-order valence-corrected chi connectivity index (χ2v) is 9.71. The van der Waals surface area contributed by atoms with Gasteiger partial charge < -0.3 is 19.1 Å². The lowest BCUT2D eigenvalue weighted by Gasteiger charge is -2.26. The van der Waals surface area contributed by atoms with E-state index in [0.29, 0.717) is 35.0 Å². The number of rotatable bonds is 9. The van der Waals surface area contributed by atoms with Crippen molar-refractivity contribution in [3.63, 3.8) is 0 Å². The lowest BCUT2D eigenvalue weighted by molar-refractivity contribution is 0.0724. The summed E-state index contributed by atoms with van der Waals surface area (Å²) in [6.07, 6.45) is 4.85. The number of carbonyl (C=O) groups is 2. The van der Waals surface area contributed by atoms with Crippen molar-refractivity contribution < 1.29 is 23.8 Å². The quantitative estimate of drug-likeness (QED) is 0.269. The summed E-state index contributed by atoms with van der Waals surface area (Å²) in [5.74, 6) is 1.25. The molecule has 0 atom stereocenters. The van der Waals surface area contributed by atoms with Gasteiger partial charge in [0, 0.05) is 23.1 Å². The molecule has 198 valence electrons. The Kier molecular flexibility index (Phi) is 9.37. The van der Waals surface area contributed by atoms with Gasteiger partial charge in [0.15, 0.2) is 11.5 Å². The van der Waals surface area contributed by atoms with Crippen LogP contribution in [0.25, 0.3) is 0 Å². The Morgan fingerprint density at radius 3 is 2.34 bits per heavy atom. The van der Waals surface area contributed by atoms with Crippen LogP contribution in [0.2, 0.25) is 0 Å². The van der Waals surface area contributed by atoms with Crippen molar-refractivity contribution in [3.8, 4) is 17.2 Å². The van der Waals surface area contributed by atoms with E-state index < -0.39 is 5.91 Å². The second kappa shape index (κ2) is 13.1. The van der Waals surface area contributed by atoms with Gasteiger partial charge in [-0.3, -0.25) is 9.59 Å². The molecule has 0 aliphatic carbocycles. The third-order valence-corrected chi connectivity index (χ3v) is 6.71. The van der Waals surface area contributed by atoms with Crippen LogP contribution >= 0.6 is 15.9 Å². The van der Waals surface area contributed by atoms with Crippen LogP contribution in [0.5, 0.6) is 17.2 Å². The minimum Gasteiger partial charge on any atom is -0.496 e. The summed E-state index contributed by atoms with van der Waals surface area (Å²) in [6.45, 7) is 1.99. The zero-order valence-electron chi connectivity index (χ0n) is 21.4. The maximum Gasteiger partial charge on any atom is 0.275 e. The molecular weight excluding hydrogens is 550 g/mol. The summed E-state index contributed by atoms with van der Waals surface area (Å²) < 4.78 is 17.5. The number of piperidine rings is 1. The molecule has 1 aliphatic heterocycles. The number of nitrogens with one attached hydrogen (secondary N) is 1. The van der Waals surface area contributed by atoms with E-state index in [4.69, 9.17) is 14.2 Å². The van der Waals surface area contributed by atoms with E-state index in [-0.39, 0.29) is 5.91 Å². The van der Waals surface area contributed by atoms with Crippen LogP contribution in [0.1, 0.15) is 51.1 Å². The molecule has 3 aromatic carbocycles. The van der Waals surface area contributed by atoms with Crippen LogP contribution in [-0.2, 0) is 6.61 Å². The fourth-order valence-electron chi connectivity index (χ4n) is 4.15. The van der Waals surface area contributed by atoms with Crippen LogP contribution in [0.4, 0.5) is 0 Å². The van der Waals surface area contributed by atoms with Crippen molar-refractivity contribution in [1.82, 2.24) is 10.3 Å². The average Bonchev–Trinajstić information content (AvgIpc) is 2.96. The number of halogens is 1. The first-order valence-electron chi connectivity index (χ1n) is 12.3. The Balaban J connectivity index is 1.34. The lowest BCUT2D eigenvalue weighted by Crippen LogP contribution is -2.35. The Morgan fingerprint density at radius 2 is 1.63 bits per heavy atom. The lowest BCUT2D eigenvalue weighted by atomic mass is 10.1. The molecule has 0 radical (unpaired) electrons. The van der Waals surface area contributed by atoms with Gasteiger partial charge in [-0.1, -0.05) is 28.1 Å². The van der Waals surface area contributed by atoms with E-state index >= 15 is 0 Å². The molecule has 1 aliphatic rings. The van der Waals surface area contributed by atoms with Crippen molar-refractivity contribution in [3.05, 3.63) is 87.4 Å². The molecule has 1 saturated heterocycles. The molecule has 4 rings (SSSR count). The number of methoxy groups -OCH3 is 2. The highest BCUT2D eigenvalue weighted by molar-refractivity contribution is 9.10. The Bertz CT molecular complexity index is 1300. The molecular formula is C29H30BrN3O5. The van der Waals surface area contributed by atoms with Gasteiger partial charge in [0.25, 0.3) is 11.8 Å². The zero-order valence-corrected chi connectivity index (χ0v) is 23.0. The summed E-state index contributed by atoms with van der Waals surface area (Å²) >= 11 is 3.36. The van der Waals surface area contributed by atoms with Gasteiger partial charge in [-0.2, -0.15) is 5.10 Å². The van der Waals surface area contributed by atoms with Crippen LogP contribution in [-0.4, -0.2) is 50.2 Å². The maximum absolute atomic E-state index is 12.7. The summed E-state index contributed by atoms with van der Waals surface area (Å²) in [5, 5.41) is 4.06. The maximum atomic E-state index is 12.7. The molecule has 0 spiro atoms. The molecule has 9 heteroatoms. The first kappa shape index (κ1) is 27.2. The highest BCUT2D eigenvalue weighted by Gasteiger charge is 2.18. The summed E-state index contributed by atoms with van der Waals surface area (Å²) in [6, 6.07) is 18.1. The number of hydrogen-bond acceptors (Lipinski definition) is 6. The summed E-state index contributed by atoms with van der Waals surface area (Å²) in [4.78, 5) is 27.1. The van der Waals surface area contributed by atoms with E-state index in [1.807, 2.05) is 35.2 Å². The number of benzene rings is 3. The fraction of sp³-hybridized carbons (Fsp3) is 0.276. The monoisotopic (exact) mass is 579 g/mol. The normalized spacial score (nSPS) is 13.3. The number of nitrogens with zero attached hydrogens (tertiary/aromatic N) is 2. The number of ether oxygens (including phenoxy) is 3. The van der Waals surface area contributed by atoms with Gasteiger partial charge in [-0.25, -0.2) is 5.43 Å². The smallest absolute Gasteiger partial charge is 0.275 e. The Labute approximate surface area is 230 Å². The first-order valence-corrected chi connectivity index (χ1v) is 13.1. The van der Waals surface area contributed by atoms with E-state index in [1.165, 1.54) is 19.7 Å². The van der Waals surface area contributed by atoms with Crippen LogP contribution in [0.15, 0.2) is 70.2 Å². The highest BCUT2D eigenvalue weighted by atomic mass is 79.9. The van der Waals surface area contributed by atoms with Crippen molar-refractivity contribution in [2.75, 3.05) is 27.3 Å². The minimum absolute atomic E-state index is 0.0862. The van der Waals surface area contributed by atoms with Crippen molar-refractivity contribution in [1.29, 1.82) is 0 Å². The number of carbonyl (C=O) groups excluding carboxylic acids is 2. The van der Waals surface area contributed by atoms with Gasteiger partial charge in [-0.15, -0.1) is 0 Å². The van der Waals surface area contributed by atoms with Gasteiger partial charge in [0.1, 0.15) is 12.4 Å². The summed E-state index contributed by atoms with van der Waals surface area (Å²) in [7, 11) is 3.07. The van der Waals surface area contributed by atoms with Crippen LogP contribution < -0.4 is 19.6 Å². The second-order valence-electron chi connectivity index (χ2n) is 8.79. The van der Waals surface area contributed by atoms with Gasteiger partial charge in [-0.05, 0) is 78.9 Å². The predicted molar refractivity (Wildman–Crippen MR) is 149 cm³/mol. The van der Waals surface area contributed by atoms with E-state index in [2.05, 4.69) is 26.5 Å². The Hall–Kier alpha value is -3.85. The van der Waals surface area contributed by atoms with E-state index in [0.717, 1.165) is 41.5 Å². The van der Waals surface area contributed by atoms with Gasteiger partial charge in [0.05, 0.1) is 26.0 Å². The van der Waals surface area contributed by atoms with Crippen LogP contribution in [0, 0.1) is 0 Å². The molecule has 2 amide bonds. The number of hydrogen-bond donors (Lipinski definition) is 1. The molecule has 1 heterocycles. The standard InChI is InChI=1S/C29H30BrN3O5/c1-36-25-13-11-23(30)17-24(25)28(34)32-31-18-21-8-12-26(27(16-21)37-2)38-19-20-6-9-22(10-7-20)29(35)33-14-4-3-5-15-33/h6-13,16-18H,3-5,14-15,19H2,1-2H3,(H,32,34)/b31-18-. The van der Waals surface area contributed by atoms with E-state index in [9.17, 15) is 9.59 Å². The van der Waals surface area contributed by atoms with Gasteiger partial charge >= 0.3 is 0 Å². The SMILES string of the molecule is COc1cc(/C=N\NC(=O)c2cc(Br)ccc2OC)ccc1OCc1ccc(C(=O)N2CCCCC2)cc1. The fourth-order valence-corrected chi connectivity index (χ4v) is 4.51. The molecule has 0 unspecified atom stereocenters. The average molecular weight is 580 g/mol. The molecule has 1 fully saturated rings. The number of likely N-dealkylation sites (tertiary alicyclic amines) is 1. The van der Waals surface area contributed by atoms with Crippen molar-refractivity contribution >= 4 is 34.0 Å². The van der Waals surface area contributed by atoms with Crippen molar-refractivity contribution in [2.24, 2.45) is 5.10 Å². The molecule has 0 aromatic heterocycles. The van der Waals surface area contributed by atoms with Crippen LogP contribution in [0.3, 0.4) is 0 Å². The zero-order chi connectivity index (χ0) is 26.9. The largest absolute Gasteiger partial charge is 0.496 e. The Morgan fingerprint density at radius 1 is 0.921 bits per heavy atom. The third-order valence-electron chi connectivity index (χ3n) is 6.21. The summed E-state index contributed by atoms with van der Waals surface area (Å²) in [5.41, 5.74) is 5.24. The number of amides is 2.